The molecular weight excluding hydrogens is 350 g/mol. The lowest BCUT2D eigenvalue weighted by Crippen LogP contribution is -2.31. The molecule has 2 saturated heterocycles. The number of carbonyl (C=O) groups is 1. The zero-order chi connectivity index (χ0) is 18.6. The lowest BCUT2D eigenvalue weighted by Gasteiger charge is -2.16. The molecular formula is C18H23N5O2S. The van der Waals surface area contributed by atoms with Crippen molar-refractivity contribution in [1.82, 2.24) is 25.0 Å². The summed E-state index contributed by atoms with van der Waals surface area (Å²) in [5, 5.41) is 8.22. The smallest absolute Gasteiger partial charge is 0.277 e. The predicted molar refractivity (Wildman–Crippen MR) is 101 cm³/mol. The van der Waals surface area contributed by atoms with E-state index in [0.29, 0.717) is 33.0 Å². The Morgan fingerprint density at radius 3 is 2.46 bits per heavy atom. The first-order valence-electron chi connectivity index (χ1n) is 8.89. The first-order chi connectivity index (χ1) is 12.4. The Labute approximate surface area is 156 Å². The third kappa shape index (κ3) is 2.68. The first-order valence-corrected chi connectivity index (χ1v) is 9.70. The van der Waals surface area contributed by atoms with Gasteiger partial charge in [0.15, 0.2) is 0 Å². The second-order valence-corrected chi connectivity index (χ2v) is 8.34. The number of thiazole rings is 1. The van der Waals surface area contributed by atoms with E-state index in [4.69, 9.17) is 0 Å². The van der Waals surface area contributed by atoms with Crippen LogP contribution in [0.5, 0.6) is 0 Å². The molecule has 26 heavy (non-hydrogen) atoms. The van der Waals surface area contributed by atoms with E-state index in [1.807, 2.05) is 25.7 Å². The Morgan fingerprint density at radius 1 is 1.15 bits per heavy atom. The van der Waals surface area contributed by atoms with Crippen molar-refractivity contribution in [2.75, 3.05) is 26.2 Å². The second kappa shape index (κ2) is 6.28. The fourth-order valence-electron chi connectivity index (χ4n) is 3.97. The van der Waals surface area contributed by atoms with Crippen molar-refractivity contribution in [3.63, 3.8) is 0 Å². The molecule has 2 aromatic rings. The third-order valence-corrected chi connectivity index (χ3v) is 6.77. The van der Waals surface area contributed by atoms with Gasteiger partial charge >= 0.3 is 0 Å². The summed E-state index contributed by atoms with van der Waals surface area (Å²) in [7, 11) is 1.64. The topological polar surface area (TPSA) is 80.1 Å². The highest BCUT2D eigenvalue weighted by Crippen LogP contribution is 2.32. The van der Waals surface area contributed by atoms with Crippen LogP contribution >= 0.6 is 11.3 Å². The molecule has 1 N–H and O–H groups in total. The van der Waals surface area contributed by atoms with Gasteiger partial charge in [0.1, 0.15) is 9.88 Å². The number of aryl methyl sites for hydroxylation is 3. The molecule has 0 saturated carbocycles. The van der Waals surface area contributed by atoms with Crippen LogP contribution in [-0.2, 0) is 7.05 Å². The molecule has 2 aliphatic rings. The quantitative estimate of drug-likeness (QED) is 0.853. The molecule has 4 rings (SSSR count). The molecule has 0 bridgehead atoms. The molecule has 0 unspecified atom stereocenters. The maximum atomic E-state index is 13.0. The molecule has 0 aliphatic carbocycles. The molecule has 2 atom stereocenters. The van der Waals surface area contributed by atoms with E-state index < -0.39 is 0 Å². The zero-order valence-electron chi connectivity index (χ0n) is 15.5. The normalized spacial score (nSPS) is 22.1. The lowest BCUT2D eigenvalue weighted by atomic mass is 10.0. The van der Waals surface area contributed by atoms with Crippen LogP contribution in [0.25, 0.3) is 10.6 Å². The minimum absolute atomic E-state index is 0.0425. The van der Waals surface area contributed by atoms with E-state index >= 15 is 0 Å². The Morgan fingerprint density at radius 2 is 1.81 bits per heavy atom. The van der Waals surface area contributed by atoms with Gasteiger partial charge in [0, 0.05) is 33.2 Å². The molecule has 4 heterocycles. The minimum atomic E-state index is -0.178. The fraction of sp³-hybridized carbons (Fsp3) is 0.556. The molecule has 0 aromatic carbocycles. The van der Waals surface area contributed by atoms with Gasteiger partial charge in [-0.1, -0.05) is 0 Å². The molecule has 8 heteroatoms. The molecule has 0 spiro atoms. The zero-order valence-corrected chi connectivity index (χ0v) is 16.3. The highest BCUT2D eigenvalue weighted by molar-refractivity contribution is 7.17. The van der Waals surface area contributed by atoms with Crippen LogP contribution < -0.4 is 10.9 Å². The van der Waals surface area contributed by atoms with Crippen LogP contribution in [-0.4, -0.2) is 51.8 Å². The highest BCUT2D eigenvalue weighted by atomic mass is 32.1. The Bertz CT molecular complexity index is 936. The van der Waals surface area contributed by atoms with Gasteiger partial charge in [0.2, 0.25) is 0 Å². The Kier molecular flexibility index (Phi) is 4.19. The van der Waals surface area contributed by atoms with Crippen LogP contribution in [0, 0.1) is 32.6 Å². The highest BCUT2D eigenvalue weighted by Gasteiger charge is 2.39. The van der Waals surface area contributed by atoms with Crippen molar-refractivity contribution in [1.29, 1.82) is 0 Å². The molecule has 0 radical (unpaired) electrons. The van der Waals surface area contributed by atoms with Gasteiger partial charge in [0.05, 0.1) is 17.0 Å². The molecule has 138 valence electrons. The van der Waals surface area contributed by atoms with E-state index in [2.05, 4.69) is 15.4 Å². The summed E-state index contributed by atoms with van der Waals surface area (Å²) in [6.45, 7) is 9.20. The fourth-order valence-corrected chi connectivity index (χ4v) is 5.10. The summed E-state index contributed by atoms with van der Waals surface area (Å²) in [4.78, 5) is 32.8. The molecule has 2 aliphatic heterocycles. The molecule has 2 fully saturated rings. The summed E-state index contributed by atoms with van der Waals surface area (Å²) < 4.78 is 1.34. The lowest BCUT2D eigenvalue weighted by molar-refractivity contribution is 0.0785. The molecule has 2 aromatic heterocycles. The number of aromatic nitrogens is 3. The van der Waals surface area contributed by atoms with Crippen molar-refractivity contribution in [2.45, 2.75) is 20.8 Å². The number of likely N-dealkylation sites (tertiary alicyclic amines) is 1. The second-order valence-electron chi connectivity index (χ2n) is 7.34. The van der Waals surface area contributed by atoms with Crippen LogP contribution in [0.15, 0.2) is 4.79 Å². The largest absolute Gasteiger partial charge is 0.337 e. The van der Waals surface area contributed by atoms with Gasteiger partial charge in [-0.25, -0.2) is 9.67 Å². The van der Waals surface area contributed by atoms with E-state index in [-0.39, 0.29) is 11.5 Å². The summed E-state index contributed by atoms with van der Waals surface area (Å²) in [5.41, 5.74) is 2.68. The predicted octanol–water partition coefficient (Wildman–Crippen LogP) is 1.12. The molecule has 1 amide bonds. The average Bonchev–Trinajstić information content (AvgIpc) is 3.27. The van der Waals surface area contributed by atoms with Crippen LogP contribution in [0.3, 0.4) is 0 Å². The van der Waals surface area contributed by atoms with E-state index in [9.17, 15) is 9.59 Å². The van der Waals surface area contributed by atoms with Gasteiger partial charge in [-0.05, 0) is 38.2 Å². The Balaban J connectivity index is 1.69. The summed E-state index contributed by atoms with van der Waals surface area (Å²) in [6, 6.07) is 0. The number of rotatable bonds is 2. The minimum Gasteiger partial charge on any atom is -0.337 e. The van der Waals surface area contributed by atoms with E-state index in [0.717, 1.165) is 37.4 Å². The average molecular weight is 373 g/mol. The van der Waals surface area contributed by atoms with Crippen LogP contribution in [0.2, 0.25) is 0 Å². The number of carbonyl (C=O) groups excluding carboxylic acids is 1. The number of hydrogen-bond donors (Lipinski definition) is 1. The number of nitrogens with one attached hydrogen (secondary N) is 1. The van der Waals surface area contributed by atoms with Crippen LogP contribution in [0.4, 0.5) is 0 Å². The summed E-state index contributed by atoms with van der Waals surface area (Å²) in [5.74, 6) is 1.16. The number of fused-ring (bicyclic) bond motifs is 1. The van der Waals surface area contributed by atoms with Gasteiger partial charge in [-0.15, -0.1) is 11.3 Å². The van der Waals surface area contributed by atoms with Gasteiger partial charge in [-0.3, -0.25) is 9.59 Å². The Hall–Kier alpha value is -2.06. The van der Waals surface area contributed by atoms with Crippen molar-refractivity contribution in [3.05, 3.63) is 32.2 Å². The SMILES string of the molecule is Cc1nc(-c2c(C)c(C)nn(C)c2=O)sc1C(=O)N1C[C@H]2CNC[C@H]2C1. The van der Waals surface area contributed by atoms with Gasteiger partial charge < -0.3 is 10.2 Å². The summed E-state index contributed by atoms with van der Waals surface area (Å²) >= 11 is 1.32. The van der Waals surface area contributed by atoms with E-state index in [1.165, 1.54) is 16.0 Å². The van der Waals surface area contributed by atoms with Gasteiger partial charge in [-0.2, -0.15) is 5.10 Å². The van der Waals surface area contributed by atoms with Crippen LogP contribution in [0.1, 0.15) is 26.6 Å². The maximum Gasteiger partial charge on any atom is 0.277 e. The number of nitrogens with zero attached hydrogens (tertiary/aromatic N) is 4. The maximum absolute atomic E-state index is 13.0. The monoisotopic (exact) mass is 373 g/mol. The third-order valence-electron chi connectivity index (χ3n) is 5.61. The summed E-state index contributed by atoms with van der Waals surface area (Å²) in [6.07, 6.45) is 0. The first kappa shape index (κ1) is 17.4. The van der Waals surface area contributed by atoms with Gasteiger partial charge in [0.25, 0.3) is 11.5 Å². The van der Waals surface area contributed by atoms with Crippen molar-refractivity contribution < 1.29 is 4.79 Å². The number of amides is 1. The van der Waals surface area contributed by atoms with Crippen molar-refractivity contribution >= 4 is 17.2 Å². The van der Waals surface area contributed by atoms with Crippen molar-refractivity contribution in [2.24, 2.45) is 18.9 Å². The van der Waals surface area contributed by atoms with E-state index in [1.54, 1.807) is 7.05 Å². The molecule has 7 nitrogen and oxygen atoms in total. The number of hydrogen-bond acceptors (Lipinski definition) is 6. The van der Waals surface area contributed by atoms with Crippen molar-refractivity contribution in [3.8, 4) is 10.6 Å². The standard InChI is InChI=1S/C18H23N5O2S/c1-9-10(2)21-22(4)17(24)14(9)16-20-11(3)15(26-16)18(25)23-7-12-5-19-6-13(12)8-23/h12-13,19H,5-8H2,1-4H3/t12-,13+.